The van der Waals surface area contributed by atoms with Gasteiger partial charge in [-0.05, 0) is 153 Å². The fourth-order valence-electron chi connectivity index (χ4n) is 9.45. The SMILES string of the molecule is CC(CC(=O)O)NC(=O)c1ccc(P(c2ccc(C(=O)NC(CCOO)COO)cc2)c2ccc(C(=O)NC(CCOO)COO)cc2)cc1.CCC(COO)NC(=O)c1ccc(P(c2ccc(C(=O)NC(CC)COO)cc2)c2ccc(C(=O)NC(CS(=O)(=O)O)C(=O)O)cc2)cc1. The Bertz CT molecular complexity index is 3550. The molecule has 0 fully saturated rings. The van der Waals surface area contributed by atoms with Crippen LogP contribution in [0.25, 0.3) is 0 Å². The summed E-state index contributed by atoms with van der Waals surface area (Å²) in [7, 11) is -7.33. The first-order valence-corrected chi connectivity index (χ1v) is 34.7. The predicted octanol–water partition coefficient (Wildman–Crippen LogP) is 3.48. The largest absolute Gasteiger partial charge is 0.481 e. The molecule has 15 N–H and O–H groups in total. The van der Waals surface area contributed by atoms with E-state index in [1.807, 2.05) is 13.8 Å². The molecule has 6 amide bonds. The van der Waals surface area contributed by atoms with E-state index in [1.54, 1.807) is 140 Å². The Balaban J connectivity index is 0.000000357. The van der Waals surface area contributed by atoms with Gasteiger partial charge in [-0.1, -0.05) is 86.6 Å². The van der Waals surface area contributed by atoms with Crippen LogP contribution in [0.15, 0.2) is 146 Å². The van der Waals surface area contributed by atoms with Crippen molar-refractivity contribution in [1.82, 2.24) is 31.9 Å². The van der Waals surface area contributed by atoms with Crippen molar-refractivity contribution in [2.75, 3.05) is 45.4 Å². The number of carbonyl (C=O) groups is 8. The first-order chi connectivity index (χ1) is 47.4. The molecule has 0 spiro atoms. The van der Waals surface area contributed by atoms with Gasteiger partial charge in [0.1, 0.15) is 38.2 Å². The second kappa shape index (κ2) is 41.7. The van der Waals surface area contributed by atoms with Crippen LogP contribution in [0.5, 0.6) is 0 Å². The highest BCUT2D eigenvalue weighted by molar-refractivity contribution is 7.85. The molecule has 6 aromatic rings. The Morgan fingerprint density at radius 1 is 0.384 bits per heavy atom. The summed E-state index contributed by atoms with van der Waals surface area (Å²) < 4.78 is 31.5. The standard InChI is InChI=1S/C33H40N3O13P.C32H38N3O12PS/c1-21(18-30(37)38)34-31(39)22-2-8-27(9-3-22)50(28-10-4-23(5-11-28)32(40)35-25(19-48-44)14-16-46-42)29-12-6-24(7-13-29)33(41)36-26(20-49-45)15-17-47-43;1-3-23(17-46-41)33-29(36)20-5-11-25(12-6-20)48(26-13-7-21(8-14-26)30(37)34-24(4-2)18-47-42)27-15-9-22(10-16-27)31(38)35-28(32(39)40)19-49(43,44)45/h2-13,21,25-26,42-45H,14-20H2,1H3,(H,34,39)(H,35,40)(H,36,41)(H,37,38);5-16,23-24,28,41-42H,3-4,17-19H2,1-2H3,(H,33,36)(H,34,37)(H,35,38)(H,39,40)(H,43,44,45). The van der Waals surface area contributed by atoms with Crippen molar-refractivity contribution in [1.29, 1.82) is 0 Å². The molecule has 6 atom stereocenters. The normalized spacial score (nSPS) is 13.6. The molecule has 31 nitrogen and oxygen atoms in total. The van der Waals surface area contributed by atoms with Crippen molar-refractivity contribution < 1.29 is 122 Å². The molecule has 0 saturated heterocycles. The second-order valence-electron chi connectivity index (χ2n) is 22.0. The molecule has 0 aliphatic rings. The van der Waals surface area contributed by atoms with Crippen molar-refractivity contribution in [3.8, 4) is 0 Å². The molecule has 6 rings (SSSR count). The van der Waals surface area contributed by atoms with Crippen LogP contribution in [0, 0.1) is 0 Å². The summed E-state index contributed by atoms with van der Waals surface area (Å²) >= 11 is 0. The van der Waals surface area contributed by atoms with Crippen LogP contribution >= 0.6 is 15.8 Å². The van der Waals surface area contributed by atoms with Crippen molar-refractivity contribution >= 4 is 105 Å². The number of nitrogens with one attached hydrogen (secondary N) is 6. The highest BCUT2D eigenvalue weighted by atomic mass is 32.2. The number of carbonyl (C=O) groups excluding carboxylic acids is 6. The first-order valence-electron chi connectivity index (χ1n) is 30.4. The van der Waals surface area contributed by atoms with Gasteiger partial charge in [-0.3, -0.25) is 69.7 Å². The average molecular weight is 1440 g/mol. The molecule has 534 valence electrons. The maximum absolute atomic E-state index is 12.9. The number of rotatable bonds is 39. The fraction of sp³-hybridized carbons (Fsp3) is 0.323. The Labute approximate surface area is 570 Å². The monoisotopic (exact) mass is 1440 g/mol. The van der Waals surface area contributed by atoms with Crippen molar-refractivity contribution in [3.63, 3.8) is 0 Å². The van der Waals surface area contributed by atoms with E-state index in [4.69, 9.17) is 41.2 Å². The topological polar surface area (TPSA) is 480 Å². The van der Waals surface area contributed by atoms with Crippen molar-refractivity contribution in [2.24, 2.45) is 0 Å². The van der Waals surface area contributed by atoms with Crippen LogP contribution in [0.4, 0.5) is 0 Å². The van der Waals surface area contributed by atoms with Gasteiger partial charge in [-0.25, -0.2) is 34.1 Å². The van der Waals surface area contributed by atoms with Crippen molar-refractivity contribution in [2.45, 2.75) is 89.1 Å². The van der Waals surface area contributed by atoms with Gasteiger partial charge in [0.25, 0.3) is 45.6 Å². The van der Waals surface area contributed by atoms with Gasteiger partial charge in [0.2, 0.25) is 0 Å². The van der Waals surface area contributed by atoms with E-state index in [-0.39, 0.29) is 76.3 Å². The summed E-state index contributed by atoms with van der Waals surface area (Å²) in [6, 6.07) is 35.9. The molecular formula is C65H78N6O25P2S. The highest BCUT2D eigenvalue weighted by Gasteiger charge is 2.28. The van der Waals surface area contributed by atoms with E-state index in [1.165, 1.54) is 12.1 Å². The van der Waals surface area contributed by atoms with E-state index < -0.39 is 104 Å². The van der Waals surface area contributed by atoms with Gasteiger partial charge in [0.15, 0.2) is 0 Å². The molecule has 0 saturated carbocycles. The zero-order chi connectivity index (χ0) is 72.6. The van der Waals surface area contributed by atoms with Gasteiger partial charge in [-0.2, -0.15) is 8.42 Å². The second-order valence-corrected chi connectivity index (χ2v) is 27.9. The number of aliphatic carboxylic acids is 2. The Morgan fingerprint density at radius 2 is 0.626 bits per heavy atom. The lowest BCUT2D eigenvalue weighted by Crippen LogP contribution is -2.45. The lowest BCUT2D eigenvalue weighted by molar-refractivity contribution is -0.257. The Kier molecular flexibility index (Phi) is 34.1. The molecular weight excluding hydrogens is 1360 g/mol. The van der Waals surface area contributed by atoms with E-state index in [0.29, 0.717) is 40.7 Å². The first kappa shape index (κ1) is 81.0. The molecule has 6 aromatic carbocycles. The summed E-state index contributed by atoms with van der Waals surface area (Å²) in [5.41, 5.74) is 1.74. The molecule has 0 aliphatic carbocycles. The van der Waals surface area contributed by atoms with Gasteiger partial charge in [0.05, 0.1) is 43.8 Å². The summed E-state index contributed by atoms with van der Waals surface area (Å²) in [6.07, 6.45) is 1.20. The number of carboxylic acid groups (broad SMARTS) is 2. The van der Waals surface area contributed by atoms with Gasteiger partial charge in [0, 0.05) is 39.4 Å². The quantitative estimate of drug-likeness (QED) is 0.0114. The molecule has 0 bridgehead atoms. The summed E-state index contributed by atoms with van der Waals surface area (Å²) in [5, 5.41) is 91.4. The van der Waals surface area contributed by atoms with Crippen LogP contribution in [0.2, 0.25) is 0 Å². The van der Waals surface area contributed by atoms with E-state index >= 15 is 0 Å². The van der Waals surface area contributed by atoms with Crippen LogP contribution < -0.4 is 63.7 Å². The van der Waals surface area contributed by atoms with Crippen LogP contribution in [-0.4, -0.2) is 184 Å². The number of carboxylic acids is 2. The number of benzene rings is 6. The van der Waals surface area contributed by atoms with Crippen LogP contribution in [-0.2, 0) is 49.0 Å². The molecule has 6 unspecified atom stereocenters. The zero-order valence-electron chi connectivity index (χ0n) is 53.7. The lowest BCUT2D eigenvalue weighted by Gasteiger charge is -2.21. The smallest absolute Gasteiger partial charge is 0.327 e. The Morgan fingerprint density at radius 3 is 0.848 bits per heavy atom. The van der Waals surface area contributed by atoms with Gasteiger partial charge < -0.3 is 42.1 Å². The maximum atomic E-state index is 12.9. The highest BCUT2D eigenvalue weighted by Crippen LogP contribution is 2.35. The third kappa shape index (κ3) is 26.5. The molecule has 99 heavy (non-hydrogen) atoms. The number of amides is 6. The minimum absolute atomic E-state index is 0.0361. The molecule has 34 heteroatoms. The van der Waals surface area contributed by atoms with Crippen LogP contribution in [0.1, 0.15) is 115 Å². The predicted molar refractivity (Wildman–Crippen MR) is 361 cm³/mol. The third-order valence-electron chi connectivity index (χ3n) is 14.7. The number of hydrogen-bond acceptors (Lipinski definition) is 22. The maximum Gasteiger partial charge on any atom is 0.327 e. The van der Waals surface area contributed by atoms with Gasteiger partial charge >= 0.3 is 11.9 Å². The average Bonchev–Trinajstić information content (AvgIpc) is 0.805. The Hall–Kier alpha value is -8.63. The van der Waals surface area contributed by atoms with E-state index in [2.05, 4.69) is 61.2 Å². The van der Waals surface area contributed by atoms with E-state index in [9.17, 15) is 51.9 Å². The minimum atomic E-state index is -4.69. The fourth-order valence-corrected chi connectivity index (χ4v) is 14.6. The summed E-state index contributed by atoms with van der Waals surface area (Å²) in [5.74, 6) is -6.79. The van der Waals surface area contributed by atoms with Gasteiger partial charge in [-0.15, -0.1) is 0 Å². The number of hydrogen-bond donors (Lipinski definition) is 15. The van der Waals surface area contributed by atoms with E-state index in [0.717, 1.165) is 31.8 Å². The summed E-state index contributed by atoms with van der Waals surface area (Å²) in [6.45, 7) is 4.52. The summed E-state index contributed by atoms with van der Waals surface area (Å²) in [4.78, 5) is 124. The minimum Gasteiger partial charge on any atom is -0.481 e. The molecule has 0 aliphatic heterocycles. The molecule has 0 heterocycles. The zero-order valence-corrected chi connectivity index (χ0v) is 56.3. The van der Waals surface area contributed by atoms with Crippen molar-refractivity contribution in [3.05, 3.63) is 179 Å². The lowest BCUT2D eigenvalue weighted by atomic mass is 10.1. The third-order valence-corrected chi connectivity index (χ3v) is 20.4. The van der Waals surface area contributed by atoms with Crippen LogP contribution in [0.3, 0.4) is 0 Å². The molecule has 0 aromatic heterocycles. The molecule has 0 radical (unpaired) electrons.